The van der Waals surface area contributed by atoms with Crippen molar-refractivity contribution in [2.45, 2.75) is 46.6 Å². The zero-order chi connectivity index (χ0) is 18.8. The normalized spacial score (nSPS) is 17.5. The van der Waals surface area contributed by atoms with Gasteiger partial charge in [-0.15, -0.1) is 0 Å². The topological polar surface area (TPSA) is 87.8 Å². The first-order valence-electron chi connectivity index (χ1n) is 9.73. The van der Waals surface area contributed by atoms with Crippen LogP contribution in [-0.2, 0) is 11.2 Å². The van der Waals surface area contributed by atoms with E-state index in [0.29, 0.717) is 23.7 Å². The van der Waals surface area contributed by atoms with E-state index in [4.69, 9.17) is 14.3 Å². The summed E-state index contributed by atoms with van der Waals surface area (Å²) in [5.74, 6) is 2.80. The average molecular weight is 367 g/mol. The predicted octanol–water partition coefficient (Wildman–Crippen LogP) is 1.22. The molecule has 0 aliphatic carbocycles. The van der Waals surface area contributed by atoms with Gasteiger partial charge in [0.05, 0.1) is 19.8 Å². The van der Waals surface area contributed by atoms with Crippen molar-refractivity contribution >= 4 is 5.96 Å². The summed E-state index contributed by atoms with van der Waals surface area (Å²) in [5.41, 5.74) is 0. The Balaban J connectivity index is 1.81. The minimum atomic E-state index is 0.440. The van der Waals surface area contributed by atoms with Gasteiger partial charge in [0, 0.05) is 38.6 Å². The highest BCUT2D eigenvalue weighted by Gasteiger charge is 2.23. The fourth-order valence-corrected chi connectivity index (χ4v) is 3.07. The molecule has 1 aromatic rings. The zero-order valence-electron chi connectivity index (χ0n) is 16.6. The van der Waals surface area contributed by atoms with Crippen molar-refractivity contribution < 1.29 is 9.26 Å². The fourth-order valence-electron chi connectivity index (χ4n) is 3.07. The van der Waals surface area contributed by atoms with E-state index in [9.17, 15) is 0 Å². The lowest BCUT2D eigenvalue weighted by Crippen LogP contribution is -2.48. The number of morpholine rings is 1. The summed E-state index contributed by atoms with van der Waals surface area (Å²) in [7, 11) is 0. The van der Waals surface area contributed by atoms with Gasteiger partial charge in [-0.2, -0.15) is 4.98 Å². The molecule has 1 fully saturated rings. The molecule has 2 rings (SSSR count). The summed E-state index contributed by atoms with van der Waals surface area (Å²) in [4.78, 5) is 11.5. The summed E-state index contributed by atoms with van der Waals surface area (Å²) in [6.07, 6.45) is 1.69. The fraction of sp³-hybridized carbons (Fsp3) is 0.833. The first-order chi connectivity index (χ1) is 12.6. The summed E-state index contributed by atoms with van der Waals surface area (Å²) in [5, 5.41) is 10.5. The summed E-state index contributed by atoms with van der Waals surface area (Å²) < 4.78 is 10.6. The van der Waals surface area contributed by atoms with Crippen molar-refractivity contribution in [3.63, 3.8) is 0 Å². The van der Waals surface area contributed by atoms with E-state index in [0.717, 1.165) is 64.7 Å². The molecule has 1 aromatic heterocycles. The van der Waals surface area contributed by atoms with E-state index in [1.54, 1.807) is 0 Å². The van der Waals surface area contributed by atoms with Crippen LogP contribution in [0.3, 0.4) is 0 Å². The Hall–Kier alpha value is -1.67. The minimum absolute atomic E-state index is 0.440. The van der Waals surface area contributed by atoms with Gasteiger partial charge in [-0.05, 0) is 26.2 Å². The first kappa shape index (κ1) is 20.6. The molecule has 0 radical (unpaired) electrons. The van der Waals surface area contributed by atoms with Crippen molar-refractivity contribution in [1.29, 1.82) is 0 Å². The Bertz CT molecular complexity index is 540. The molecule has 26 heavy (non-hydrogen) atoms. The van der Waals surface area contributed by atoms with E-state index in [2.05, 4.69) is 46.4 Å². The van der Waals surface area contributed by atoms with E-state index < -0.39 is 0 Å². The van der Waals surface area contributed by atoms with Gasteiger partial charge in [0.15, 0.2) is 11.8 Å². The Kier molecular flexibility index (Phi) is 8.84. The van der Waals surface area contributed by atoms with Gasteiger partial charge in [-0.3, -0.25) is 9.89 Å². The number of hydrogen-bond donors (Lipinski definition) is 2. The smallest absolute Gasteiger partial charge is 0.226 e. The van der Waals surface area contributed by atoms with Crippen LogP contribution in [0.5, 0.6) is 0 Å². The third-order valence-electron chi connectivity index (χ3n) is 4.49. The van der Waals surface area contributed by atoms with Crippen LogP contribution in [0.15, 0.2) is 9.52 Å². The number of nitrogens with zero attached hydrogens (tertiary/aromatic N) is 4. The number of nitrogens with one attached hydrogen (secondary N) is 2. The van der Waals surface area contributed by atoms with Gasteiger partial charge < -0.3 is 19.9 Å². The van der Waals surface area contributed by atoms with Gasteiger partial charge in [-0.1, -0.05) is 19.0 Å². The SMILES string of the molecule is CCNC(=NCC(C(C)C)N1CCOCC1)NCCCc1nc(C)no1. The molecule has 1 aliphatic heterocycles. The molecule has 0 amide bonds. The molecule has 2 N–H and O–H groups in total. The second-order valence-electron chi connectivity index (χ2n) is 6.94. The Morgan fingerprint density at radius 1 is 1.27 bits per heavy atom. The number of guanidine groups is 1. The minimum Gasteiger partial charge on any atom is -0.379 e. The van der Waals surface area contributed by atoms with Crippen molar-refractivity contribution in [3.8, 4) is 0 Å². The van der Waals surface area contributed by atoms with Crippen LogP contribution >= 0.6 is 0 Å². The first-order valence-corrected chi connectivity index (χ1v) is 9.73. The Labute approximate surface area is 156 Å². The second kappa shape index (κ2) is 11.1. The molecule has 0 aromatic carbocycles. The van der Waals surface area contributed by atoms with Crippen LogP contribution in [0, 0.1) is 12.8 Å². The van der Waals surface area contributed by atoms with Gasteiger partial charge in [0.2, 0.25) is 5.89 Å². The van der Waals surface area contributed by atoms with Crippen molar-refractivity contribution in [2.24, 2.45) is 10.9 Å². The lowest BCUT2D eigenvalue weighted by molar-refractivity contribution is 0.00867. The summed E-state index contributed by atoms with van der Waals surface area (Å²) >= 11 is 0. The van der Waals surface area contributed by atoms with Crippen LogP contribution in [-0.4, -0.2) is 73.0 Å². The average Bonchev–Trinajstić information content (AvgIpc) is 3.04. The van der Waals surface area contributed by atoms with Crippen LogP contribution in [0.1, 0.15) is 38.9 Å². The highest BCUT2D eigenvalue weighted by atomic mass is 16.5. The molecule has 1 unspecified atom stereocenters. The summed E-state index contributed by atoms with van der Waals surface area (Å²) in [6, 6.07) is 0.440. The van der Waals surface area contributed by atoms with E-state index in [1.807, 2.05) is 6.92 Å². The van der Waals surface area contributed by atoms with Crippen LogP contribution in [0.4, 0.5) is 0 Å². The quantitative estimate of drug-likeness (QED) is 0.386. The third-order valence-corrected chi connectivity index (χ3v) is 4.49. The number of aryl methyl sites for hydroxylation is 2. The molecule has 1 aliphatic rings. The maximum atomic E-state index is 5.48. The Morgan fingerprint density at radius 3 is 2.65 bits per heavy atom. The van der Waals surface area contributed by atoms with Crippen LogP contribution in [0.2, 0.25) is 0 Å². The zero-order valence-corrected chi connectivity index (χ0v) is 16.6. The molecule has 8 heteroatoms. The van der Waals surface area contributed by atoms with E-state index in [-0.39, 0.29) is 0 Å². The standard InChI is InChI=1S/C18H34N6O2/c1-5-19-18(20-8-6-7-17-22-15(4)23-26-17)21-13-16(14(2)3)24-9-11-25-12-10-24/h14,16H,5-13H2,1-4H3,(H2,19,20,21). The molecular formula is C18H34N6O2. The lowest BCUT2D eigenvalue weighted by Gasteiger charge is -2.36. The monoisotopic (exact) mass is 366 g/mol. The van der Waals surface area contributed by atoms with Gasteiger partial charge in [0.1, 0.15) is 0 Å². The molecule has 0 spiro atoms. The molecule has 0 saturated carbocycles. The number of ether oxygens (including phenoxy) is 1. The van der Waals surface area contributed by atoms with Crippen LogP contribution in [0.25, 0.3) is 0 Å². The van der Waals surface area contributed by atoms with Crippen LogP contribution < -0.4 is 10.6 Å². The van der Waals surface area contributed by atoms with Gasteiger partial charge >= 0.3 is 0 Å². The van der Waals surface area contributed by atoms with E-state index >= 15 is 0 Å². The molecule has 0 bridgehead atoms. The van der Waals surface area contributed by atoms with Crippen molar-refractivity contribution in [3.05, 3.63) is 11.7 Å². The molecule has 2 heterocycles. The highest BCUT2D eigenvalue weighted by Crippen LogP contribution is 2.13. The predicted molar refractivity (Wildman–Crippen MR) is 102 cm³/mol. The van der Waals surface area contributed by atoms with Crippen molar-refractivity contribution in [2.75, 3.05) is 45.9 Å². The largest absolute Gasteiger partial charge is 0.379 e. The summed E-state index contributed by atoms with van der Waals surface area (Å²) in [6.45, 7) is 14.5. The maximum Gasteiger partial charge on any atom is 0.226 e. The van der Waals surface area contributed by atoms with Gasteiger partial charge in [0.25, 0.3) is 0 Å². The maximum absolute atomic E-state index is 5.48. The molecule has 8 nitrogen and oxygen atoms in total. The van der Waals surface area contributed by atoms with Crippen molar-refractivity contribution in [1.82, 2.24) is 25.7 Å². The highest BCUT2D eigenvalue weighted by molar-refractivity contribution is 5.79. The lowest BCUT2D eigenvalue weighted by atomic mass is 10.0. The third kappa shape index (κ3) is 6.92. The number of aliphatic imine (C=N–C) groups is 1. The number of aromatic nitrogens is 2. The molecule has 1 saturated heterocycles. The molecule has 1 atom stereocenters. The molecular weight excluding hydrogens is 332 g/mol. The number of rotatable bonds is 9. The van der Waals surface area contributed by atoms with Gasteiger partial charge in [-0.25, -0.2) is 0 Å². The molecule has 148 valence electrons. The number of hydrogen-bond acceptors (Lipinski definition) is 6. The van der Waals surface area contributed by atoms with E-state index in [1.165, 1.54) is 0 Å². The second-order valence-corrected chi connectivity index (χ2v) is 6.94. The Morgan fingerprint density at radius 2 is 2.04 bits per heavy atom.